The molecule has 0 heterocycles. The molecule has 0 amide bonds. The number of allylic oxidation sites excluding steroid dienone is 4. The number of rotatable bonds is 0. The zero-order valence-corrected chi connectivity index (χ0v) is 16.6. The standard InChI is InChI=1S/C10H15.C7H8O.2ClH.Ti/c1-6-7(2)9(4)10(5)8(6)3;1-6-2-4-7(8)5-3-6;;;/h1-5H3;2-5,8H,1H3;2*1H;/q;;;;+2/p-2. The van der Waals surface area contributed by atoms with Crippen LogP contribution in [-0.2, 0) is 17.0 Å². The fourth-order valence-electron chi connectivity index (χ4n) is 1.95. The van der Waals surface area contributed by atoms with E-state index in [2.05, 4.69) is 34.6 Å². The molecule has 4 heteroatoms. The first-order valence-corrected chi connectivity index (χ1v) is 11.0. The van der Waals surface area contributed by atoms with Gasteiger partial charge in [-0.25, -0.2) is 0 Å². The molecule has 1 aliphatic rings. The third kappa shape index (κ3) is 7.06. The van der Waals surface area contributed by atoms with Crippen LogP contribution >= 0.6 is 18.6 Å². The number of hydrogen-bond acceptors (Lipinski definition) is 1. The van der Waals surface area contributed by atoms with Crippen molar-refractivity contribution in [2.75, 3.05) is 0 Å². The van der Waals surface area contributed by atoms with Crippen molar-refractivity contribution in [2.24, 2.45) is 0 Å². The first kappa shape index (κ1) is 20.8. The molecule has 0 atom stereocenters. The van der Waals surface area contributed by atoms with Crippen LogP contribution in [0, 0.1) is 12.8 Å². The number of aryl methyl sites for hydroxylation is 1. The Kier molecular flexibility index (Phi) is 10.4. The van der Waals surface area contributed by atoms with Crippen LogP contribution in [0.25, 0.3) is 0 Å². The van der Waals surface area contributed by atoms with E-state index in [1.54, 1.807) is 12.1 Å². The Morgan fingerprint density at radius 3 is 1.24 bits per heavy atom. The van der Waals surface area contributed by atoms with Crippen molar-refractivity contribution in [3.8, 4) is 5.75 Å². The molecule has 0 fully saturated rings. The van der Waals surface area contributed by atoms with Gasteiger partial charge in [-0.15, -0.1) is 0 Å². The molecule has 1 aromatic carbocycles. The Balaban J connectivity index is 0.000000327. The molecule has 21 heavy (non-hydrogen) atoms. The van der Waals surface area contributed by atoms with Crippen molar-refractivity contribution in [1.82, 2.24) is 0 Å². The second-order valence-electron chi connectivity index (χ2n) is 5.03. The molecule has 1 nitrogen and oxygen atoms in total. The molecule has 0 saturated heterocycles. The first-order chi connectivity index (χ1) is 9.76. The van der Waals surface area contributed by atoms with Gasteiger partial charge in [0.05, 0.1) is 0 Å². The van der Waals surface area contributed by atoms with Gasteiger partial charge in [-0.1, -0.05) is 35.8 Å². The van der Waals surface area contributed by atoms with E-state index in [4.69, 9.17) is 23.7 Å². The van der Waals surface area contributed by atoms with E-state index in [9.17, 15) is 0 Å². The zero-order valence-electron chi connectivity index (χ0n) is 13.5. The van der Waals surface area contributed by atoms with E-state index in [1.807, 2.05) is 19.1 Å². The Morgan fingerprint density at radius 2 is 1.05 bits per heavy atom. The van der Waals surface area contributed by atoms with E-state index >= 15 is 0 Å². The zero-order chi connectivity index (χ0) is 16.6. The summed E-state index contributed by atoms with van der Waals surface area (Å²) >= 11 is -0.556. The quantitative estimate of drug-likeness (QED) is 0.534. The minimum absolute atomic E-state index is 0.329. The second kappa shape index (κ2) is 10.5. The summed E-state index contributed by atoms with van der Waals surface area (Å²) in [5.41, 5.74) is 7.04. The van der Waals surface area contributed by atoms with Crippen molar-refractivity contribution >= 4 is 18.6 Å². The van der Waals surface area contributed by atoms with Crippen molar-refractivity contribution in [2.45, 2.75) is 41.5 Å². The molecule has 0 spiro atoms. The van der Waals surface area contributed by atoms with Gasteiger partial charge < -0.3 is 5.11 Å². The minimum atomic E-state index is -0.556. The van der Waals surface area contributed by atoms with E-state index in [1.165, 1.54) is 33.8 Å². The Morgan fingerprint density at radius 1 is 0.714 bits per heavy atom. The maximum absolute atomic E-state index is 8.76. The summed E-state index contributed by atoms with van der Waals surface area (Å²) in [6, 6.07) is 7.09. The second-order valence-corrected chi connectivity index (χ2v) is 7.61. The normalized spacial score (nSPS) is 14.3. The molecule has 1 aliphatic carbocycles. The van der Waals surface area contributed by atoms with E-state index < -0.39 is 17.0 Å². The molecule has 2 rings (SSSR count). The van der Waals surface area contributed by atoms with E-state index in [0.29, 0.717) is 5.75 Å². The van der Waals surface area contributed by atoms with Crippen LogP contribution in [-0.4, -0.2) is 5.11 Å². The van der Waals surface area contributed by atoms with Crippen molar-refractivity contribution in [3.63, 3.8) is 0 Å². The molecular formula is C17H23Cl2OTi. The fraction of sp³-hybridized carbons (Fsp3) is 0.353. The summed E-state index contributed by atoms with van der Waals surface area (Å²) < 4.78 is 0. The van der Waals surface area contributed by atoms with Crippen LogP contribution in [0.15, 0.2) is 46.6 Å². The number of phenols is 1. The number of hydrogen-bond donors (Lipinski definition) is 1. The molecule has 0 saturated carbocycles. The third-order valence-electron chi connectivity index (χ3n) is 3.85. The SMILES string of the molecule is C[C]1C(C)=C(C)C(C)=C1C.Cc1ccc(O)cc1.[Cl][Ti][Cl]. The van der Waals surface area contributed by atoms with Gasteiger partial charge in [0.15, 0.2) is 0 Å². The van der Waals surface area contributed by atoms with Crippen LogP contribution < -0.4 is 0 Å². The maximum atomic E-state index is 8.76. The van der Waals surface area contributed by atoms with Gasteiger partial charge in [0.1, 0.15) is 5.75 Å². The number of phenolic OH excluding ortho intramolecular Hbond substituents is 1. The molecule has 1 radical (unpaired) electrons. The third-order valence-corrected chi connectivity index (χ3v) is 3.85. The van der Waals surface area contributed by atoms with Gasteiger partial charge in [0.25, 0.3) is 0 Å². The fourth-order valence-corrected chi connectivity index (χ4v) is 1.95. The van der Waals surface area contributed by atoms with Crippen LogP contribution in [0.4, 0.5) is 0 Å². The van der Waals surface area contributed by atoms with Crippen molar-refractivity contribution < 1.29 is 22.1 Å². The number of aromatic hydroxyl groups is 1. The molecular weight excluding hydrogens is 339 g/mol. The van der Waals surface area contributed by atoms with Gasteiger partial charge in [-0.3, -0.25) is 0 Å². The van der Waals surface area contributed by atoms with Gasteiger partial charge in [0, 0.05) is 5.92 Å². The first-order valence-electron chi connectivity index (χ1n) is 6.67. The monoisotopic (exact) mass is 361 g/mol. The van der Waals surface area contributed by atoms with Gasteiger partial charge >= 0.3 is 35.6 Å². The summed E-state index contributed by atoms with van der Waals surface area (Å²) in [6.45, 7) is 13.0. The molecule has 1 aromatic rings. The summed E-state index contributed by atoms with van der Waals surface area (Å²) in [7, 11) is 9.78. The average Bonchev–Trinajstić information content (AvgIpc) is 2.62. The summed E-state index contributed by atoms with van der Waals surface area (Å²) in [5.74, 6) is 1.80. The summed E-state index contributed by atoms with van der Waals surface area (Å²) in [6.07, 6.45) is 0. The van der Waals surface area contributed by atoms with Crippen LogP contribution in [0.3, 0.4) is 0 Å². The molecule has 0 unspecified atom stereocenters. The Labute approximate surface area is 145 Å². The van der Waals surface area contributed by atoms with Gasteiger partial charge in [-0.05, 0) is 57.9 Å². The molecule has 0 aromatic heterocycles. The van der Waals surface area contributed by atoms with Gasteiger partial charge in [-0.2, -0.15) is 0 Å². The topological polar surface area (TPSA) is 20.2 Å². The van der Waals surface area contributed by atoms with E-state index in [0.717, 1.165) is 0 Å². The van der Waals surface area contributed by atoms with Crippen molar-refractivity contribution in [1.29, 1.82) is 0 Å². The number of benzene rings is 1. The summed E-state index contributed by atoms with van der Waals surface area (Å²) in [5, 5.41) is 8.76. The van der Waals surface area contributed by atoms with Crippen LogP contribution in [0.5, 0.6) is 5.75 Å². The molecule has 0 bridgehead atoms. The molecule has 0 aliphatic heterocycles. The predicted octanol–water partition coefficient (Wildman–Crippen LogP) is 6.34. The Hall–Kier alpha value is -0.206. The van der Waals surface area contributed by atoms with Crippen molar-refractivity contribution in [3.05, 3.63) is 58.0 Å². The van der Waals surface area contributed by atoms with E-state index in [-0.39, 0.29) is 0 Å². The molecule has 115 valence electrons. The predicted molar refractivity (Wildman–Crippen MR) is 90.2 cm³/mol. The van der Waals surface area contributed by atoms with Crippen LogP contribution in [0.2, 0.25) is 0 Å². The summed E-state index contributed by atoms with van der Waals surface area (Å²) in [4.78, 5) is 0. The number of halogens is 2. The van der Waals surface area contributed by atoms with Crippen LogP contribution in [0.1, 0.15) is 40.2 Å². The molecule has 1 N–H and O–H groups in total. The van der Waals surface area contributed by atoms with Gasteiger partial charge in [0.2, 0.25) is 0 Å². The Bertz CT molecular complexity index is 459. The average molecular weight is 362 g/mol.